The van der Waals surface area contributed by atoms with Crippen molar-refractivity contribution in [3.63, 3.8) is 0 Å². The maximum absolute atomic E-state index is 6.06. The van der Waals surface area contributed by atoms with E-state index in [4.69, 9.17) is 14.0 Å². The largest absolute Gasteiger partial charge is 0.516 e. The normalized spacial score (nSPS) is 24.6. The molecule has 0 unspecified atom stereocenters. The number of ether oxygens (including phenoxy) is 1. The van der Waals surface area contributed by atoms with Gasteiger partial charge in [-0.3, -0.25) is 4.68 Å². The lowest BCUT2D eigenvalue weighted by Gasteiger charge is -2.32. The second-order valence-electron chi connectivity index (χ2n) is 6.74. The number of morpholine rings is 1. The molecule has 7 heteroatoms. The zero-order valence-corrected chi connectivity index (χ0v) is 13.5. The Labute approximate surface area is 126 Å². The van der Waals surface area contributed by atoms with Gasteiger partial charge in [0.25, 0.3) is 0 Å². The molecule has 0 atom stereocenters. The predicted molar refractivity (Wildman–Crippen MR) is 82.0 cm³/mol. The first-order valence-electron chi connectivity index (χ1n) is 7.52. The zero-order chi connectivity index (χ0) is 15.3. The molecule has 2 aliphatic heterocycles. The van der Waals surface area contributed by atoms with E-state index in [2.05, 4.69) is 43.8 Å². The lowest BCUT2D eigenvalue weighted by atomic mass is 9.85. The number of hydrogen-bond acceptors (Lipinski definition) is 5. The molecule has 2 aliphatic rings. The van der Waals surface area contributed by atoms with Crippen LogP contribution in [0.4, 0.5) is 5.82 Å². The molecule has 6 nitrogen and oxygen atoms in total. The maximum atomic E-state index is 6.06. The monoisotopic (exact) mass is 293 g/mol. The van der Waals surface area contributed by atoms with Crippen LogP contribution >= 0.6 is 0 Å². The molecule has 2 fully saturated rings. The van der Waals surface area contributed by atoms with E-state index in [1.807, 2.05) is 11.7 Å². The molecule has 0 N–H and O–H groups in total. The number of anilines is 1. The van der Waals surface area contributed by atoms with E-state index >= 15 is 0 Å². The van der Waals surface area contributed by atoms with Crippen molar-refractivity contribution < 1.29 is 14.0 Å². The van der Waals surface area contributed by atoms with Crippen LogP contribution in [0, 0.1) is 0 Å². The quantitative estimate of drug-likeness (QED) is 0.746. The van der Waals surface area contributed by atoms with Crippen molar-refractivity contribution in [1.82, 2.24) is 9.78 Å². The molecule has 3 heterocycles. The summed E-state index contributed by atoms with van der Waals surface area (Å²) < 4.78 is 19.4. The summed E-state index contributed by atoms with van der Waals surface area (Å²) >= 11 is 0. The van der Waals surface area contributed by atoms with Crippen LogP contribution in [-0.4, -0.2) is 54.4 Å². The van der Waals surface area contributed by atoms with Crippen LogP contribution in [0.3, 0.4) is 0 Å². The van der Waals surface area contributed by atoms with Gasteiger partial charge in [0.1, 0.15) is 5.82 Å². The number of aromatic nitrogens is 2. The average molecular weight is 293 g/mol. The summed E-state index contributed by atoms with van der Waals surface area (Å²) in [6.07, 6.45) is 0. The van der Waals surface area contributed by atoms with E-state index in [0.717, 1.165) is 37.7 Å². The van der Waals surface area contributed by atoms with Gasteiger partial charge in [-0.25, -0.2) is 0 Å². The first-order chi connectivity index (χ1) is 9.80. The highest BCUT2D eigenvalue weighted by atomic mass is 16.7. The minimum atomic E-state index is -0.406. The maximum Gasteiger partial charge on any atom is 0.516 e. The van der Waals surface area contributed by atoms with E-state index in [1.165, 1.54) is 0 Å². The first-order valence-corrected chi connectivity index (χ1v) is 7.52. The smallest absolute Gasteiger partial charge is 0.398 e. The Morgan fingerprint density at radius 1 is 1.10 bits per heavy atom. The highest BCUT2D eigenvalue weighted by Crippen LogP contribution is 2.36. The summed E-state index contributed by atoms with van der Waals surface area (Å²) in [5, 5.41) is 4.58. The molecular formula is C14H24BN3O3. The molecule has 0 spiro atoms. The SMILES string of the molecule is Cn1nc(B2OC(C)(C)C(C)(C)O2)cc1N1CCOCC1. The van der Waals surface area contributed by atoms with Crippen LogP contribution in [0.25, 0.3) is 0 Å². The van der Waals surface area contributed by atoms with Gasteiger partial charge in [-0.2, -0.15) is 5.10 Å². The van der Waals surface area contributed by atoms with Gasteiger partial charge in [0.15, 0.2) is 0 Å². The molecule has 0 amide bonds. The second-order valence-corrected chi connectivity index (χ2v) is 6.74. The third-order valence-corrected chi connectivity index (χ3v) is 4.70. The fraction of sp³-hybridized carbons (Fsp3) is 0.786. The molecule has 2 saturated heterocycles. The van der Waals surface area contributed by atoms with Crippen LogP contribution in [0.1, 0.15) is 27.7 Å². The van der Waals surface area contributed by atoms with Gasteiger partial charge in [-0.05, 0) is 27.7 Å². The van der Waals surface area contributed by atoms with Crippen molar-refractivity contribution in [2.24, 2.45) is 7.05 Å². The molecule has 0 bridgehead atoms. The Hall–Kier alpha value is -1.05. The standard InChI is InChI=1S/C14H24BN3O3/c1-13(2)14(3,4)21-15(20-13)11-10-12(17(5)16-11)18-6-8-19-9-7-18/h10H,6-9H2,1-5H3. The van der Waals surface area contributed by atoms with Gasteiger partial charge in [-0.15, -0.1) is 0 Å². The van der Waals surface area contributed by atoms with E-state index in [1.54, 1.807) is 0 Å². The average Bonchev–Trinajstić information content (AvgIpc) is 2.89. The Kier molecular flexibility index (Phi) is 3.54. The van der Waals surface area contributed by atoms with Crippen molar-refractivity contribution in [2.45, 2.75) is 38.9 Å². The van der Waals surface area contributed by atoms with Crippen LogP contribution in [0.15, 0.2) is 6.07 Å². The van der Waals surface area contributed by atoms with E-state index < -0.39 is 7.12 Å². The van der Waals surface area contributed by atoms with Crippen molar-refractivity contribution in [3.05, 3.63) is 6.07 Å². The minimum Gasteiger partial charge on any atom is -0.398 e. The van der Waals surface area contributed by atoms with Crippen molar-refractivity contribution >= 4 is 18.5 Å². The van der Waals surface area contributed by atoms with E-state index in [0.29, 0.717) is 0 Å². The molecule has 1 aromatic rings. The van der Waals surface area contributed by atoms with Gasteiger partial charge < -0.3 is 18.9 Å². The van der Waals surface area contributed by atoms with Gasteiger partial charge in [0.2, 0.25) is 0 Å². The Bertz CT molecular complexity index is 508. The Morgan fingerprint density at radius 3 is 2.24 bits per heavy atom. The number of nitrogens with zero attached hydrogens (tertiary/aromatic N) is 3. The number of hydrogen-bond donors (Lipinski definition) is 0. The van der Waals surface area contributed by atoms with Crippen LogP contribution in [0.2, 0.25) is 0 Å². The molecule has 3 rings (SSSR count). The van der Waals surface area contributed by atoms with E-state index in [-0.39, 0.29) is 11.2 Å². The predicted octanol–water partition coefficient (Wildman–Crippen LogP) is 0.556. The third kappa shape index (κ3) is 2.58. The highest BCUT2D eigenvalue weighted by molar-refractivity contribution is 6.61. The molecule has 0 aromatic carbocycles. The lowest BCUT2D eigenvalue weighted by molar-refractivity contribution is 0.00578. The molecule has 0 saturated carbocycles. The van der Waals surface area contributed by atoms with Gasteiger partial charge >= 0.3 is 7.12 Å². The highest BCUT2D eigenvalue weighted by Gasteiger charge is 2.52. The summed E-state index contributed by atoms with van der Waals surface area (Å²) in [5.74, 6) is 1.09. The molecule has 1 aromatic heterocycles. The second kappa shape index (κ2) is 5.00. The number of rotatable bonds is 2. The summed E-state index contributed by atoms with van der Waals surface area (Å²) in [7, 11) is 1.55. The lowest BCUT2D eigenvalue weighted by Crippen LogP contribution is -2.41. The van der Waals surface area contributed by atoms with Crippen molar-refractivity contribution in [1.29, 1.82) is 0 Å². The van der Waals surface area contributed by atoms with E-state index in [9.17, 15) is 0 Å². The summed E-state index contributed by atoms with van der Waals surface area (Å²) in [4.78, 5) is 2.28. The topological polar surface area (TPSA) is 48.8 Å². The summed E-state index contributed by atoms with van der Waals surface area (Å²) in [5.41, 5.74) is 0.153. The van der Waals surface area contributed by atoms with Crippen LogP contribution < -0.4 is 10.5 Å². The molecule has 21 heavy (non-hydrogen) atoms. The fourth-order valence-electron chi connectivity index (χ4n) is 2.65. The fourth-order valence-corrected chi connectivity index (χ4v) is 2.65. The van der Waals surface area contributed by atoms with Crippen molar-refractivity contribution in [3.8, 4) is 0 Å². The van der Waals surface area contributed by atoms with Crippen LogP contribution in [0.5, 0.6) is 0 Å². The molecule has 0 aliphatic carbocycles. The number of aryl methyl sites for hydroxylation is 1. The summed E-state index contributed by atoms with van der Waals surface area (Å²) in [6, 6.07) is 2.06. The third-order valence-electron chi connectivity index (χ3n) is 4.70. The minimum absolute atomic E-state index is 0.339. The van der Waals surface area contributed by atoms with Crippen molar-refractivity contribution in [2.75, 3.05) is 31.2 Å². The molecule has 116 valence electrons. The first kappa shape index (κ1) is 14.9. The Morgan fingerprint density at radius 2 is 1.67 bits per heavy atom. The van der Waals surface area contributed by atoms with Crippen LogP contribution in [-0.2, 0) is 21.1 Å². The summed E-state index contributed by atoms with van der Waals surface area (Å²) in [6.45, 7) is 11.5. The van der Waals surface area contributed by atoms with Gasteiger partial charge in [-0.1, -0.05) is 0 Å². The molecule has 0 radical (unpaired) electrons. The van der Waals surface area contributed by atoms with Gasteiger partial charge in [0, 0.05) is 26.2 Å². The molecular weight excluding hydrogens is 269 g/mol. The Balaban J connectivity index is 1.81. The zero-order valence-electron chi connectivity index (χ0n) is 13.5. The van der Waals surface area contributed by atoms with Gasteiger partial charge in [0.05, 0.1) is 30.0 Å².